The van der Waals surface area contributed by atoms with Gasteiger partial charge in [-0.3, -0.25) is 0 Å². The number of nitrogens with zero attached hydrogens (tertiary/aromatic N) is 1. The summed E-state index contributed by atoms with van der Waals surface area (Å²) in [5.74, 6) is 3.26. The van der Waals surface area contributed by atoms with Gasteiger partial charge in [-0.25, -0.2) is 0 Å². The Morgan fingerprint density at radius 2 is 1.61 bits per heavy atom. The van der Waals surface area contributed by atoms with Gasteiger partial charge in [0.15, 0.2) is 0 Å². The number of hydrogen-bond donors (Lipinski definition) is 0. The second-order valence-corrected chi connectivity index (χ2v) is 7.57. The third-order valence-electron chi connectivity index (χ3n) is 6.03. The van der Waals surface area contributed by atoms with Crippen LogP contribution in [-0.2, 0) is 0 Å². The molecule has 1 heteroatoms. The van der Waals surface area contributed by atoms with E-state index in [4.69, 9.17) is 5.26 Å². The zero-order chi connectivity index (χ0) is 16.5. The molecule has 2 aliphatic rings. The average Bonchev–Trinajstić information content (AvgIpc) is 2.60. The summed E-state index contributed by atoms with van der Waals surface area (Å²) < 4.78 is 0. The predicted octanol–water partition coefficient (Wildman–Crippen LogP) is 6.59. The van der Waals surface area contributed by atoms with Crippen LogP contribution in [0.25, 0.3) is 0 Å². The van der Waals surface area contributed by atoms with Gasteiger partial charge >= 0.3 is 0 Å². The fourth-order valence-electron chi connectivity index (χ4n) is 4.57. The molecule has 1 nitrogen and oxygen atoms in total. The van der Waals surface area contributed by atoms with E-state index in [-0.39, 0.29) is 0 Å². The van der Waals surface area contributed by atoms with Crippen LogP contribution in [0, 0.1) is 35.0 Å². The highest BCUT2D eigenvalue weighted by atomic mass is 14.3. The fraction of sp³-hybridized carbons (Fsp3) is 0.682. The first-order valence-corrected chi connectivity index (χ1v) is 9.66. The van der Waals surface area contributed by atoms with Crippen molar-refractivity contribution in [1.29, 1.82) is 5.26 Å². The summed E-state index contributed by atoms with van der Waals surface area (Å²) in [6, 6.07) is 2.03. The van der Waals surface area contributed by atoms with Crippen LogP contribution < -0.4 is 0 Å². The van der Waals surface area contributed by atoms with Crippen molar-refractivity contribution < 1.29 is 0 Å². The molecule has 0 amide bonds. The molecule has 0 spiro atoms. The summed E-state index contributed by atoms with van der Waals surface area (Å²) >= 11 is 0. The van der Waals surface area contributed by atoms with Crippen molar-refractivity contribution in [2.45, 2.75) is 71.1 Å². The van der Waals surface area contributed by atoms with Crippen molar-refractivity contribution in [3.8, 4) is 6.07 Å². The van der Waals surface area contributed by atoms with Crippen LogP contribution in [0.2, 0.25) is 0 Å². The zero-order valence-electron chi connectivity index (χ0n) is 14.8. The van der Waals surface area contributed by atoms with Crippen molar-refractivity contribution in [2.75, 3.05) is 0 Å². The minimum Gasteiger partial charge on any atom is -0.193 e. The molecule has 0 aromatic heterocycles. The van der Waals surface area contributed by atoms with Gasteiger partial charge in [0.05, 0.1) is 6.07 Å². The van der Waals surface area contributed by atoms with E-state index in [1.165, 1.54) is 64.2 Å². The molecule has 0 saturated heterocycles. The summed E-state index contributed by atoms with van der Waals surface area (Å²) in [5, 5.41) is 8.49. The molecular formula is C22H33N. The molecule has 0 aliphatic heterocycles. The molecule has 0 aromatic rings. The van der Waals surface area contributed by atoms with Gasteiger partial charge in [-0.1, -0.05) is 50.1 Å². The summed E-state index contributed by atoms with van der Waals surface area (Å²) in [4.78, 5) is 0. The lowest BCUT2D eigenvalue weighted by Gasteiger charge is -2.35. The molecule has 0 heterocycles. The first-order valence-electron chi connectivity index (χ1n) is 9.66. The molecule has 0 unspecified atom stereocenters. The topological polar surface area (TPSA) is 23.8 Å². The van der Waals surface area contributed by atoms with Crippen LogP contribution in [0.1, 0.15) is 71.1 Å². The Hall–Kier alpha value is -1.29. The molecule has 0 N–H and O–H groups in total. The maximum Gasteiger partial charge on any atom is 0.0912 e. The molecule has 0 atom stereocenters. The summed E-state index contributed by atoms with van der Waals surface area (Å²) in [5.41, 5.74) is 1.58. The highest BCUT2D eigenvalue weighted by Crippen LogP contribution is 2.42. The standard InChI is InChI=1S/C22H33N/c1-3-7-19-9-13-21(14-10-19)18(2)22-15-11-20(12-16-22)8-5-4-6-17-23/h4-6,8,19-22H,2-3,7,9-16H2,1H3/b6-4+,8-5+. The summed E-state index contributed by atoms with van der Waals surface area (Å²) in [6.45, 7) is 6.83. The molecular weight excluding hydrogens is 278 g/mol. The Labute approximate surface area is 143 Å². The van der Waals surface area contributed by atoms with E-state index < -0.39 is 0 Å². The number of allylic oxidation sites excluding steroid dienone is 5. The number of hydrogen-bond acceptors (Lipinski definition) is 1. The molecule has 126 valence electrons. The molecule has 2 fully saturated rings. The Kier molecular flexibility index (Phi) is 7.66. The van der Waals surface area contributed by atoms with Gasteiger partial charge in [0, 0.05) is 6.08 Å². The van der Waals surface area contributed by atoms with E-state index in [2.05, 4.69) is 19.6 Å². The second-order valence-electron chi connectivity index (χ2n) is 7.57. The van der Waals surface area contributed by atoms with Crippen molar-refractivity contribution in [3.63, 3.8) is 0 Å². The summed E-state index contributed by atoms with van der Waals surface area (Å²) in [7, 11) is 0. The van der Waals surface area contributed by atoms with E-state index in [1.54, 1.807) is 11.6 Å². The van der Waals surface area contributed by atoms with Crippen LogP contribution in [0.5, 0.6) is 0 Å². The van der Waals surface area contributed by atoms with E-state index in [1.807, 2.05) is 18.2 Å². The van der Waals surface area contributed by atoms with E-state index in [9.17, 15) is 0 Å². The Bertz CT molecular complexity index is 449. The first kappa shape index (κ1) is 18.1. The molecule has 0 bridgehead atoms. The highest BCUT2D eigenvalue weighted by molar-refractivity contribution is 5.13. The molecule has 2 rings (SSSR count). The average molecular weight is 312 g/mol. The van der Waals surface area contributed by atoms with Crippen LogP contribution in [-0.4, -0.2) is 0 Å². The lowest BCUT2D eigenvalue weighted by atomic mass is 9.70. The molecule has 2 aliphatic carbocycles. The third kappa shape index (κ3) is 5.69. The van der Waals surface area contributed by atoms with Gasteiger partial charge in [0.2, 0.25) is 0 Å². The van der Waals surface area contributed by atoms with E-state index >= 15 is 0 Å². The molecule has 0 radical (unpaired) electrons. The predicted molar refractivity (Wildman–Crippen MR) is 98.8 cm³/mol. The number of rotatable bonds is 6. The third-order valence-corrected chi connectivity index (χ3v) is 6.03. The minimum absolute atomic E-state index is 0.697. The quantitative estimate of drug-likeness (QED) is 0.308. The van der Waals surface area contributed by atoms with Crippen molar-refractivity contribution in [2.24, 2.45) is 23.7 Å². The lowest BCUT2D eigenvalue weighted by Crippen LogP contribution is -2.22. The summed E-state index contributed by atoms with van der Waals surface area (Å²) in [6.07, 6.45) is 21.3. The van der Waals surface area contributed by atoms with Crippen molar-refractivity contribution in [1.82, 2.24) is 0 Å². The normalized spacial score (nSPS) is 32.2. The Morgan fingerprint density at radius 3 is 2.17 bits per heavy atom. The lowest BCUT2D eigenvalue weighted by molar-refractivity contribution is 0.255. The number of nitriles is 1. The molecule has 2 saturated carbocycles. The van der Waals surface area contributed by atoms with Gasteiger partial charge in [-0.15, -0.1) is 0 Å². The van der Waals surface area contributed by atoms with Gasteiger partial charge in [-0.2, -0.15) is 5.26 Å². The van der Waals surface area contributed by atoms with Gasteiger partial charge in [0.25, 0.3) is 0 Å². The largest absolute Gasteiger partial charge is 0.193 e. The highest BCUT2D eigenvalue weighted by Gasteiger charge is 2.28. The van der Waals surface area contributed by atoms with Crippen LogP contribution in [0.15, 0.2) is 36.5 Å². The van der Waals surface area contributed by atoms with Crippen LogP contribution >= 0.6 is 0 Å². The zero-order valence-corrected chi connectivity index (χ0v) is 14.8. The van der Waals surface area contributed by atoms with Crippen molar-refractivity contribution >= 4 is 0 Å². The van der Waals surface area contributed by atoms with E-state index in [0.29, 0.717) is 5.92 Å². The second kappa shape index (κ2) is 9.76. The van der Waals surface area contributed by atoms with Crippen LogP contribution in [0.4, 0.5) is 0 Å². The van der Waals surface area contributed by atoms with Crippen LogP contribution in [0.3, 0.4) is 0 Å². The van der Waals surface area contributed by atoms with E-state index in [0.717, 1.165) is 17.8 Å². The molecule has 23 heavy (non-hydrogen) atoms. The van der Waals surface area contributed by atoms with Gasteiger partial charge < -0.3 is 0 Å². The maximum absolute atomic E-state index is 8.49. The molecule has 0 aromatic carbocycles. The smallest absolute Gasteiger partial charge is 0.0912 e. The minimum atomic E-state index is 0.697. The maximum atomic E-state index is 8.49. The SMILES string of the molecule is C=C(C1CCC(/C=C/C=C/C#N)CC1)C1CCC(CCC)CC1. The fourth-order valence-corrected chi connectivity index (χ4v) is 4.57. The first-order chi connectivity index (χ1) is 11.2. The Morgan fingerprint density at radius 1 is 1.00 bits per heavy atom. The monoisotopic (exact) mass is 311 g/mol. The Balaban J connectivity index is 1.73. The van der Waals surface area contributed by atoms with Gasteiger partial charge in [-0.05, 0) is 75.0 Å². The van der Waals surface area contributed by atoms with Crippen molar-refractivity contribution in [3.05, 3.63) is 36.5 Å². The van der Waals surface area contributed by atoms with Gasteiger partial charge in [0.1, 0.15) is 0 Å².